The zero-order chi connectivity index (χ0) is 13.0. The van der Waals surface area contributed by atoms with Gasteiger partial charge < -0.3 is 4.74 Å². The Morgan fingerprint density at radius 2 is 1.94 bits per heavy atom. The van der Waals surface area contributed by atoms with Gasteiger partial charge in [-0.15, -0.1) is 11.6 Å². The van der Waals surface area contributed by atoms with E-state index in [-0.39, 0.29) is 6.10 Å². The molecule has 0 saturated carbocycles. The van der Waals surface area contributed by atoms with Crippen LogP contribution < -0.4 is 4.74 Å². The molecule has 0 bridgehead atoms. The lowest BCUT2D eigenvalue weighted by molar-refractivity contribution is 0.184. The van der Waals surface area contributed by atoms with E-state index in [1.165, 1.54) is 0 Å². The van der Waals surface area contributed by atoms with Gasteiger partial charge in [-0.2, -0.15) is 0 Å². The van der Waals surface area contributed by atoms with E-state index >= 15 is 0 Å². The van der Waals surface area contributed by atoms with Crippen LogP contribution in [-0.2, 0) is 5.88 Å². The maximum absolute atomic E-state index is 5.96. The fraction of sp³-hybridized carbons (Fsp3) is 0.643. The van der Waals surface area contributed by atoms with E-state index in [0.717, 1.165) is 23.2 Å². The molecule has 1 atom stereocenters. The molecule has 1 aromatic heterocycles. The van der Waals surface area contributed by atoms with Crippen molar-refractivity contribution >= 4 is 11.6 Å². The molecular weight excluding hydrogens is 234 g/mol. The van der Waals surface area contributed by atoms with Gasteiger partial charge in [0.25, 0.3) is 0 Å². The number of aromatic nitrogens is 1. The van der Waals surface area contributed by atoms with E-state index in [0.29, 0.717) is 17.7 Å². The molecule has 17 heavy (non-hydrogen) atoms. The number of hydrogen-bond acceptors (Lipinski definition) is 2. The summed E-state index contributed by atoms with van der Waals surface area (Å²) in [7, 11) is 0. The third-order valence-corrected chi connectivity index (χ3v) is 2.95. The Labute approximate surface area is 109 Å². The molecule has 0 fully saturated rings. The highest BCUT2D eigenvalue weighted by molar-refractivity contribution is 6.17. The van der Waals surface area contributed by atoms with Crippen LogP contribution in [-0.4, -0.2) is 11.1 Å². The third-order valence-electron chi connectivity index (χ3n) is 2.69. The van der Waals surface area contributed by atoms with Crippen molar-refractivity contribution in [2.45, 2.75) is 53.0 Å². The number of ether oxygens (including phenoxy) is 1. The molecule has 0 aliphatic heterocycles. The zero-order valence-electron chi connectivity index (χ0n) is 11.4. The second-order valence-corrected chi connectivity index (χ2v) is 5.32. The fourth-order valence-electron chi connectivity index (χ4n) is 1.99. The molecule has 0 spiro atoms. The van der Waals surface area contributed by atoms with Crippen LogP contribution in [0.25, 0.3) is 0 Å². The zero-order valence-corrected chi connectivity index (χ0v) is 12.1. The fourth-order valence-corrected chi connectivity index (χ4v) is 2.32. The van der Waals surface area contributed by atoms with Crippen LogP contribution in [0.3, 0.4) is 0 Å². The Bertz CT molecular complexity index is 377. The summed E-state index contributed by atoms with van der Waals surface area (Å²) in [6.07, 6.45) is 1.20. The van der Waals surface area contributed by atoms with E-state index in [2.05, 4.69) is 25.8 Å². The van der Waals surface area contributed by atoms with Gasteiger partial charge in [-0.3, -0.25) is 0 Å². The molecule has 0 N–H and O–H groups in total. The summed E-state index contributed by atoms with van der Waals surface area (Å²) in [4.78, 5) is 4.45. The first kappa shape index (κ1) is 14.3. The van der Waals surface area contributed by atoms with Gasteiger partial charge in [0, 0.05) is 11.3 Å². The predicted octanol–water partition coefficient (Wildman–Crippen LogP) is 4.25. The molecule has 1 rings (SSSR count). The maximum atomic E-state index is 5.96. The van der Waals surface area contributed by atoms with Crippen LogP contribution in [0.4, 0.5) is 0 Å². The Morgan fingerprint density at radius 3 is 2.47 bits per heavy atom. The molecule has 1 aromatic rings. The number of rotatable bonds is 5. The van der Waals surface area contributed by atoms with Gasteiger partial charge in [0.05, 0.1) is 12.0 Å². The maximum Gasteiger partial charge on any atom is 0.218 e. The summed E-state index contributed by atoms with van der Waals surface area (Å²) < 4.78 is 5.91. The number of halogens is 1. The number of pyridine rings is 1. The van der Waals surface area contributed by atoms with Crippen molar-refractivity contribution in [3.63, 3.8) is 0 Å². The van der Waals surface area contributed by atoms with Crippen molar-refractivity contribution < 1.29 is 4.74 Å². The standard InChI is InChI=1S/C14H22ClNO/c1-9(2)6-12(5)17-14-13(8-15)10(3)7-11(4)16-14/h7,9,12H,6,8H2,1-5H3. The highest BCUT2D eigenvalue weighted by Gasteiger charge is 2.13. The second kappa shape index (κ2) is 6.25. The molecule has 1 heterocycles. The minimum absolute atomic E-state index is 0.172. The summed E-state index contributed by atoms with van der Waals surface area (Å²) in [6.45, 7) is 10.5. The summed E-state index contributed by atoms with van der Waals surface area (Å²) in [5.74, 6) is 1.77. The van der Waals surface area contributed by atoms with Gasteiger partial charge in [-0.1, -0.05) is 13.8 Å². The average molecular weight is 256 g/mol. The van der Waals surface area contributed by atoms with Crippen LogP contribution in [0.2, 0.25) is 0 Å². The number of nitrogens with zero attached hydrogens (tertiary/aromatic N) is 1. The summed E-state index contributed by atoms with van der Waals surface area (Å²) in [5.41, 5.74) is 3.13. The molecule has 96 valence electrons. The molecular formula is C14H22ClNO. The Balaban J connectivity index is 2.89. The highest BCUT2D eigenvalue weighted by Crippen LogP contribution is 2.24. The lowest BCUT2D eigenvalue weighted by atomic mass is 10.1. The van der Waals surface area contributed by atoms with Gasteiger partial charge in [0.2, 0.25) is 5.88 Å². The summed E-state index contributed by atoms with van der Waals surface area (Å²) in [6, 6.07) is 2.04. The van der Waals surface area contributed by atoms with E-state index in [4.69, 9.17) is 16.3 Å². The van der Waals surface area contributed by atoms with Gasteiger partial charge >= 0.3 is 0 Å². The first-order valence-electron chi connectivity index (χ1n) is 6.13. The lowest BCUT2D eigenvalue weighted by Crippen LogP contribution is -2.16. The molecule has 2 nitrogen and oxygen atoms in total. The number of hydrogen-bond donors (Lipinski definition) is 0. The molecule has 0 radical (unpaired) electrons. The van der Waals surface area contributed by atoms with Crippen molar-refractivity contribution in [3.8, 4) is 5.88 Å². The van der Waals surface area contributed by atoms with Crippen LogP contribution in [0.15, 0.2) is 6.07 Å². The van der Waals surface area contributed by atoms with E-state index in [9.17, 15) is 0 Å². The van der Waals surface area contributed by atoms with Crippen LogP contribution in [0, 0.1) is 19.8 Å². The minimum atomic E-state index is 0.172. The third kappa shape index (κ3) is 4.19. The molecule has 0 aliphatic carbocycles. The summed E-state index contributed by atoms with van der Waals surface area (Å²) >= 11 is 5.96. The topological polar surface area (TPSA) is 22.1 Å². The first-order chi connectivity index (χ1) is 7.93. The molecule has 3 heteroatoms. The molecule has 0 saturated heterocycles. The average Bonchev–Trinajstić information content (AvgIpc) is 2.15. The molecule has 1 unspecified atom stereocenters. The number of aryl methyl sites for hydroxylation is 2. The number of alkyl halides is 1. The van der Waals surface area contributed by atoms with Gasteiger partial charge in [-0.05, 0) is 44.7 Å². The normalized spacial score (nSPS) is 12.9. The lowest BCUT2D eigenvalue weighted by Gasteiger charge is -2.19. The second-order valence-electron chi connectivity index (χ2n) is 5.06. The largest absolute Gasteiger partial charge is 0.474 e. The Hall–Kier alpha value is -0.760. The Morgan fingerprint density at radius 1 is 1.29 bits per heavy atom. The van der Waals surface area contributed by atoms with Crippen molar-refractivity contribution in [3.05, 3.63) is 22.9 Å². The van der Waals surface area contributed by atoms with Crippen molar-refractivity contribution in [1.82, 2.24) is 4.98 Å². The van der Waals surface area contributed by atoms with Crippen molar-refractivity contribution in [2.75, 3.05) is 0 Å². The molecule has 0 aliphatic rings. The van der Waals surface area contributed by atoms with E-state index < -0.39 is 0 Å². The Kier molecular flexibility index (Phi) is 5.26. The quantitative estimate of drug-likeness (QED) is 0.734. The van der Waals surface area contributed by atoms with Crippen LogP contribution >= 0.6 is 11.6 Å². The highest BCUT2D eigenvalue weighted by atomic mass is 35.5. The van der Waals surface area contributed by atoms with E-state index in [1.54, 1.807) is 0 Å². The van der Waals surface area contributed by atoms with Crippen LogP contribution in [0.5, 0.6) is 5.88 Å². The first-order valence-corrected chi connectivity index (χ1v) is 6.67. The monoisotopic (exact) mass is 255 g/mol. The van der Waals surface area contributed by atoms with Crippen molar-refractivity contribution in [1.29, 1.82) is 0 Å². The summed E-state index contributed by atoms with van der Waals surface area (Å²) in [5, 5.41) is 0. The smallest absolute Gasteiger partial charge is 0.218 e. The minimum Gasteiger partial charge on any atom is -0.474 e. The predicted molar refractivity (Wildman–Crippen MR) is 72.8 cm³/mol. The van der Waals surface area contributed by atoms with Gasteiger partial charge in [-0.25, -0.2) is 4.98 Å². The molecule has 0 aromatic carbocycles. The molecule has 0 amide bonds. The van der Waals surface area contributed by atoms with Crippen molar-refractivity contribution in [2.24, 2.45) is 5.92 Å². The van der Waals surface area contributed by atoms with Crippen LogP contribution in [0.1, 0.15) is 44.0 Å². The van der Waals surface area contributed by atoms with E-state index in [1.807, 2.05) is 19.9 Å². The SMILES string of the molecule is Cc1cc(C)c(CCl)c(OC(C)CC(C)C)n1. The van der Waals surface area contributed by atoms with Gasteiger partial charge in [0.1, 0.15) is 0 Å². The van der Waals surface area contributed by atoms with Gasteiger partial charge in [0.15, 0.2) is 0 Å².